The number of halogens is 1. The van der Waals surface area contributed by atoms with Gasteiger partial charge in [-0.15, -0.1) is 0 Å². The number of hydrogen-bond acceptors (Lipinski definition) is 3. The minimum atomic E-state index is -1.14. The molecule has 1 aliphatic heterocycles. The van der Waals surface area contributed by atoms with E-state index in [0.717, 1.165) is 16.9 Å². The molecule has 3 rings (SSSR count). The van der Waals surface area contributed by atoms with E-state index < -0.39 is 12.3 Å². The van der Waals surface area contributed by atoms with Gasteiger partial charge in [0.1, 0.15) is 11.8 Å². The highest BCUT2D eigenvalue weighted by Gasteiger charge is 2.31. The maximum atomic E-state index is 13.2. The Kier molecular flexibility index (Phi) is 2.80. The van der Waals surface area contributed by atoms with E-state index in [2.05, 4.69) is 4.98 Å². The first kappa shape index (κ1) is 11.6. The summed E-state index contributed by atoms with van der Waals surface area (Å²) in [7, 11) is 0. The van der Waals surface area contributed by atoms with Crippen molar-refractivity contribution in [1.82, 2.24) is 14.3 Å². The van der Waals surface area contributed by atoms with Crippen molar-refractivity contribution in [3.8, 4) is 0 Å². The molecule has 0 spiro atoms. The average molecular weight is 249 g/mol. The van der Waals surface area contributed by atoms with Gasteiger partial charge in [0, 0.05) is 32.0 Å². The molecule has 0 aromatic carbocycles. The number of rotatable bonds is 2. The van der Waals surface area contributed by atoms with Crippen LogP contribution in [0.25, 0.3) is 5.65 Å². The fourth-order valence-corrected chi connectivity index (χ4v) is 2.46. The van der Waals surface area contributed by atoms with Crippen LogP contribution >= 0.6 is 0 Å². The van der Waals surface area contributed by atoms with Gasteiger partial charge >= 0.3 is 0 Å². The number of aliphatic hydroxyl groups excluding tert-OH is 1. The Balaban J connectivity index is 1.81. The first-order valence-corrected chi connectivity index (χ1v) is 6.11. The Morgan fingerprint density at radius 2 is 2.33 bits per heavy atom. The van der Waals surface area contributed by atoms with Gasteiger partial charge in [0.2, 0.25) is 0 Å². The third kappa shape index (κ3) is 2.00. The molecule has 5 heteroatoms. The summed E-state index contributed by atoms with van der Waals surface area (Å²) in [6.45, 7) is 3.27. The van der Waals surface area contributed by atoms with Gasteiger partial charge < -0.3 is 9.51 Å². The standard InChI is InChI=1S/C13H16FN3O/c1-9-3-2-4-17-6-10(15-13(9)17)5-16-7-11(14)12(18)8-16/h2-4,6,11-12,18H,5,7-8H2,1H3/t11-,12-/m1/s1. The molecule has 3 heterocycles. The number of β-amino-alcohol motifs (C(OH)–C–C–N with tert-alkyl or cyclic N) is 1. The van der Waals surface area contributed by atoms with Crippen LogP contribution in [0.4, 0.5) is 4.39 Å². The van der Waals surface area contributed by atoms with Crippen molar-refractivity contribution >= 4 is 5.65 Å². The highest BCUT2D eigenvalue weighted by atomic mass is 19.1. The van der Waals surface area contributed by atoms with E-state index in [1.54, 1.807) is 0 Å². The lowest BCUT2D eigenvalue weighted by molar-refractivity contribution is 0.115. The predicted molar refractivity (Wildman–Crippen MR) is 66.1 cm³/mol. The number of aliphatic hydroxyl groups is 1. The van der Waals surface area contributed by atoms with Crippen molar-refractivity contribution in [2.24, 2.45) is 0 Å². The third-order valence-electron chi connectivity index (χ3n) is 3.41. The molecular weight excluding hydrogens is 233 g/mol. The Morgan fingerprint density at radius 1 is 1.50 bits per heavy atom. The van der Waals surface area contributed by atoms with Gasteiger partial charge in [0.25, 0.3) is 0 Å². The zero-order chi connectivity index (χ0) is 12.7. The highest BCUT2D eigenvalue weighted by Crippen LogP contribution is 2.17. The molecule has 0 amide bonds. The van der Waals surface area contributed by atoms with Gasteiger partial charge in [0.05, 0.1) is 11.8 Å². The van der Waals surface area contributed by atoms with Crippen LogP contribution in [-0.2, 0) is 6.54 Å². The Hall–Kier alpha value is -1.46. The minimum Gasteiger partial charge on any atom is -0.389 e. The smallest absolute Gasteiger partial charge is 0.140 e. The maximum Gasteiger partial charge on any atom is 0.140 e. The monoisotopic (exact) mass is 249 g/mol. The number of aromatic nitrogens is 2. The van der Waals surface area contributed by atoms with E-state index >= 15 is 0 Å². The van der Waals surface area contributed by atoms with Crippen molar-refractivity contribution in [3.63, 3.8) is 0 Å². The van der Waals surface area contributed by atoms with Crippen LogP contribution < -0.4 is 0 Å². The zero-order valence-corrected chi connectivity index (χ0v) is 10.3. The molecule has 1 N–H and O–H groups in total. The Labute approximate surface area is 105 Å². The number of fused-ring (bicyclic) bond motifs is 1. The van der Waals surface area contributed by atoms with Crippen molar-refractivity contribution in [1.29, 1.82) is 0 Å². The summed E-state index contributed by atoms with van der Waals surface area (Å²) in [6, 6.07) is 3.99. The van der Waals surface area contributed by atoms with Gasteiger partial charge in [-0.05, 0) is 18.6 Å². The van der Waals surface area contributed by atoms with Crippen LogP contribution in [0.1, 0.15) is 11.3 Å². The van der Waals surface area contributed by atoms with Gasteiger partial charge in [-0.1, -0.05) is 6.07 Å². The molecule has 0 saturated carbocycles. The Bertz CT molecular complexity index is 558. The molecule has 2 atom stereocenters. The van der Waals surface area contributed by atoms with Crippen LogP contribution in [0.15, 0.2) is 24.5 Å². The van der Waals surface area contributed by atoms with Crippen LogP contribution in [0, 0.1) is 6.92 Å². The van der Waals surface area contributed by atoms with E-state index in [9.17, 15) is 9.50 Å². The number of aryl methyl sites for hydroxylation is 1. The van der Waals surface area contributed by atoms with Crippen molar-refractivity contribution < 1.29 is 9.50 Å². The molecular formula is C13H16FN3O. The van der Waals surface area contributed by atoms with Crippen LogP contribution in [0.2, 0.25) is 0 Å². The van der Waals surface area contributed by atoms with Gasteiger partial charge in [0.15, 0.2) is 0 Å². The van der Waals surface area contributed by atoms with E-state index in [4.69, 9.17) is 0 Å². The molecule has 0 bridgehead atoms. The average Bonchev–Trinajstić information content (AvgIpc) is 2.85. The molecule has 18 heavy (non-hydrogen) atoms. The second-order valence-electron chi connectivity index (χ2n) is 4.93. The first-order chi connectivity index (χ1) is 8.63. The van der Waals surface area contributed by atoms with E-state index in [1.165, 1.54) is 0 Å². The number of alkyl halides is 1. The molecule has 0 unspecified atom stereocenters. The minimum absolute atomic E-state index is 0.286. The molecule has 1 aliphatic rings. The fraction of sp³-hybridized carbons (Fsp3) is 0.462. The lowest BCUT2D eigenvalue weighted by atomic mass is 10.3. The lowest BCUT2D eigenvalue weighted by Gasteiger charge is -2.11. The quantitative estimate of drug-likeness (QED) is 0.868. The number of imidazole rings is 1. The molecule has 1 fully saturated rings. The maximum absolute atomic E-state index is 13.2. The van der Waals surface area contributed by atoms with Crippen LogP contribution in [0.3, 0.4) is 0 Å². The topological polar surface area (TPSA) is 40.8 Å². The molecule has 4 nitrogen and oxygen atoms in total. The van der Waals surface area contributed by atoms with Crippen LogP contribution in [0.5, 0.6) is 0 Å². The van der Waals surface area contributed by atoms with E-state index in [1.807, 2.05) is 40.8 Å². The Morgan fingerprint density at radius 3 is 3.00 bits per heavy atom. The van der Waals surface area contributed by atoms with Crippen molar-refractivity contribution in [2.45, 2.75) is 25.7 Å². The molecule has 1 saturated heterocycles. The van der Waals surface area contributed by atoms with Gasteiger partial charge in [-0.3, -0.25) is 4.90 Å². The van der Waals surface area contributed by atoms with Crippen LogP contribution in [-0.4, -0.2) is 44.8 Å². The zero-order valence-electron chi connectivity index (χ0n) is 10.3. The molecule has 2 aromatic heterocycles. The normalized spacial score (nSPS) is 25.1. The fourth-order valence-electron chi connectivity index (χ4n) is 2.46. The summed E-state index contributed by atoms with van der Waals surface area (Å²) in [6.07, 6.45) is 1.92. The second-order valence-corrected chi connectivity index (χ2v) is 4.93. The van der Waals surface area contributed by atoms with E-state index in [0.29, 0.717) is 13.1 Å². The number of likely N-dealkylation sites (tertiary alicyclic amines) is 1. The summed E-state index contributed by atoms with van der Waals surface area (Å²) in [4.78, 5) is 6.44. The SMILES string of the molecule is Cc1cccn2cc(CN3C[C@@H](O)[C@H](F)C3)nc12. The predicted octanol–water partition coefficient (Wildman–Crippen LogP) is 1.16. The molecule has 0 radical (unpaired) electrons. The summed E-state index contributed by atoms with van der Waals surface area (Å²) in [5, 5.41) is 9.39. The first-order valence-electron chi connectivity index (χ1n) is 6.11. The van der Waals surface area contributed by atoms with Gasteiger partial charge in [-0.2, -0.15) is 0 Å². The second kappa shape index (κ2) is 4.33. The molecule has 2 aromatic rings. The summed E-state index contributed by atoms with van der Waals surface area (Å²) in [5.41, 5.74) is 2.96. The highest BCUT2D eigenvalue weighted by molar-refractivity contribution is 5.47. The third-order valence-corrected chi connectivity index (χ3v) is 3.41. The summed E-state index contributed by atoms with van der Waals surface area (Å²) < 4.78 is 15.2. The van der Waals surface area contributed by atoms with Crippen molar-refractivity contribution in [2.75, 3.05) is 13.1 Å². The number of pyridine rings is 1. The molecule has 0 aliphatic carbocycles. The van der Waals surface area contributed by atoms with E-state index in [-0.39, 0.29) is 6.54 Å². The lowest BCUT2D eigenvalue weighted by Crippen LogP contribution is -2.21. The summed E-state index contributed by atoms with van der Waals surface area (Å²) >= 11 is 0. The molecule has 96 valence electrons. The number of nitrogens with zero attached hydrogens (tertiary/aromatic N) is 3. The van der Waals surface area contributed by atoms with Gasteiger partial charge in [-0.25, -0.2) is 9.37 Å². The van der Waals surface area contributed by atoms with Crippen molar-refractivity contribution in [3.05, 3.63) is 35.8 Å². The number of hydrogen-bond donors (Lipinski definition) is 1. The summed E-state index contributed by atoms with van der Waals surface area (Å²) in [5.74, 6) is 0. The largest absolute Gasteiger partial charge is 0.389 e.